The predicted octanol–water partition coefficient (Wildman–Crippen LogP) is 1.82. The number of carboxylic acids is 1. The number of hydrogen-bond acceptors (Lipinski definition) is 5. The van der Waals surface area contributed by atoms with Crippen LogP contribution in [0.1, 0.15) is 29.9 Å². The van der Waals surface area contributed by atoms with Crippen molar-refractivity contribution in [3.63, 3.8) is 0 Å². The van der Waals surface area contributed by atoms with Crippen LogP contribution in [0.4, 0.5) is 0 Å². The molecule has 0 atom stereocenters. The maximum absolute atomic E-state index is 12.2. The number of ether oxygens (including phenoxy) is 1. The van der Waals surface area contributed by atoms with E-state index in [1.54, 1.807) is 0 Å². The van der Waals surface area contributed by atoms with Gasteiger partial charge < -0.3 is 21.3 Å². The van der Waals surface area contributed by atoms with Gasteiger partial charge in [0, 0.05) is 12.3 Å². The van der Waals surface area contributed by atoms with Crippen LogP contribution >= 0.6 is 0 Å². The van der Waals surface area contributed by atoms with Gasteiger partial charge in [0.15, 0.2) is 5.66 Å². The van der Waals surface area contributed by atoms with Crippen LogP contribution in [0.25, 0.3) is 11.1 Å². The van der Waals surface area contributed by atoms with Crippen LogP contribution in [0.2, 0.25) is 0 Å². The lowest BCUT2D eigenvalue weighted by Gasteiger charge is -2.23. The number of carboxylic acid groups (broad SMARTS) is 1. The maximum atomic E-state index is 12.2. The van der Waals surface area contributed by atoms with Crippen molar-refractivity contribution in [1.82, 2.24) is 0 Å². The second-order valence-corrected chi connectivity index (χ2v) is 6.26. The molecule has 2 aromatic rings. The van der Waals surface area contributed by atoms with Gasteiger partial charge in [0.2, 0.25) is 0 Å². The van der Waals surface area contributed by atoms with Gasteiger partial charge in [-0.25, -0.2) is 4.79 Å². The molecular formula is C19H20N2O4. The summed E-state index contributed by atoms with van der Waals surface area (Å²) in [7, 11) is 0. The summed E-state index contributed by atoms with van der Waals surface area (Å²) in [6.45, 7) is 0.107. The fourth-order valence-corrected chi connectivity index (χ4v) is 3.15. The minimum Gasteiger partial charge on any atom is -0.481 e. The van der Waals surface area contributed by atoms with E-state index in [0.29, 0.717) is 0 Å². The fourth-order valence-electron chi connectivity index (χ4n) is 3.15. The Kier molecular flexibility index (Phi) is 4.57. The highest BCUT2D eigenvalue weighted by Gasteiger charge is 2.34. The first kappa shape index (κ1) is 17.1. The number of esters is 1. The Bertz CT molecular complexity index is 771. The van der Waals surface area contributed by atoms with Gasteiger partial charge in [-0.3, -0.25) is 4.79 Å². The van der Waals surface area contributed by atoms with Crippen molar-refractivity contribution in [2.24, 2.45) is 11.5 Å². The van der Waals surface area contributed by atoms with Crippen LogP contribution in [0.15, 0.2) is 48.5 Å². The third kappa shape index (κ3) is 3.40. The summed E-state index contributed by atoms with van der Waals surface area (Å²) in [5.74, 6) is -1.95. The van der Waals surface area contributed by atoms with Gasteiger partial charge in [-0.05, 0) is 28.7 Å². The minimum atomic E-state index is -1.81. The Morgan fingerprint density at radius 2 is 1.52 bits per heavy atom. The summed E-state index contributed by atoms with van der Waals surface area (Å²) >= 11 is 0. The number of nitrogens with two attached hydrogens (primary N) is 2. The first-order valence-corrected chi connectivity index (χ1v) is 8.05. The zero-order valence-electron chi connectivity index (χ0n) is 13.6. The number of aliphatic carboxylic acids is 1. The molecule has 0 unspecified atom stereocenters. The van der Waals surface area contributed by atoms with E-state index in [0.717, 1.165) is 22.3 Å². The molecule has 0 spiro atoms. The Balaban J connectivity index is 1.75. The molecule has 0 amide bonds. The van der Waals surface area contributed by atoms with E-state index in [2.05, 4.69) is 0 Å². The molecule has 0 bridgehead atoms. The fraction of sp³-hybridized carbons (Fsp3) is 0.263. The monoisotopic (exact) mass is 340 g/mol. The summed E-state index contributed by atoms with van der Waals surface area (Å²) in [6.07, 6.45) is -0.476. The second-order valence-electron chi connectivity index (χ2n) is 6.26. The lowest BCUT2D eigenvalue weighted by Crippen LogP contribution is -2.57. The molecule has 0 heterocycles. The smallest absolute Gasteiger partial charge is 0.340 e. The van der Waals surface area contributed by atoms with Gasteiger partial charge in [-0.1, -0.05) is 48.5 Å². The lowest BCUT2D eigenvalue weighted by atomic mass is 9.98. The van der Waals surface area contributed by atoms with Crippen molar-refractivity contribution in [3.05, 3.63) is 59.7 Å². The van der Waals surface area contributed by atoms with E-state index >= 15 is 0 Å². The SMILES string of the molecule is NC(N)(CCC(=O)O)C(=O)OCC1c2ccccc2-c2ccccc21. The predicted molar refractivity (Wildman–Crippen MR) is 92.7 cm³/mol. The molecule has 2 aromatic carbocycles. The number of carbonyl (C=O) groups is 2. The Morgan fingerprint density at radius 1 is 1.00 bits per heavy atom. The van der Waals surface area contributed by atoms with Crippen LogP contribution in [0.5, 0.6) is 0 Å². The van der Waals surface area contributed by atoms with Crippen LogP contribution in [-0.4, -0.2) is 29.3 Å². The summed E-state index contributed by atoms with van der Waals surface area (Å²) in [5.41, 5.74) is 14.0. The second kappa shape index (κ2) is 6.66. The first-order chi connectivity index (χ1) is 11.9. The normalized spacial score (nSPS) is 13.2. The molecule has 0 aliphatic heterocycles. The molecule has 0 aromatic heterocycles. The molecule has 0 saturated carbocycles. The van der Waals surface area contributed by atoms with E-state index in [4.69, 9.17) is 21.3 Å². The van der Waals surface area contributed by atoms with Crippen LogP contribution in [0.3, 0.4) is 0 Å². The van der Waals surface area contributed by atoms with Crippen molar-refractivity contribution in [2.75, 3.05) is 6.61 Å². The zero-order chi connectivity index (χ0) is 18.0. The summed E-state index contributed by atoms with van der Waals surface area (Å²) < 4.78 is 5.35. The lowest BCUT2D eigenvalue weighted by molar-refractivity contribution is -0.151. The summed E-state index contributed by atoms with van der Waals surface area (Å²) in [6, 6.07) is 15.9. The first-order valence-electron chi connectivity index (χ1n) is 8.05. The highest BCUT2D eigenvalue weighted by Crippen LogP contribution is 2.44. The third-order valence-corrected chi connectivity index (χ3v) is 4.48. The number of fused-ring (bicyclic) bond motifs is 3. The highest BCUT2D eigenvalue weighted by molar-refractivity contribution is 5.82. The van der Waals surface area contributed by atoms with Crippen LogP contribution in [-0.2, 0) is 14.3 Å². The topological polar surface area (TPSA) is 116 Å². The molecule has 130 valence electrons. The molecule has 6 nitrogen and oxygen atoms in total. The Hall–Kier alpha value is -2.70. The van der Waals surface area contributed by atoms with Crippen LogP contribution < -0.4 is 11.5 Å². The van der Waals surface area contributed by atoms with E-state index in [9.17, 15) is 9.59 Å². The Morgan fingerprint density at radius 3 is 2.04 bits per heavy atom. The van der Waals surface area contributed by atoms with E-state index in [1.807, 2.05) is 48.5 Å². The Labute approximate surface area is 145 Å². The van der Waals surface area contributed by atoms with Crippen LogP contribution in [0, 0.1) is 0 Å². The van der Waals surface area contributed by atoms with Gasteiger partial charge in [0.1, 0.15) is 6.61 Å². The van der Waals surface area contributed by atoms with Crippen molar-refractivity contribution in [2.45, 2.75) is 24.4 Å². The van der Waals surface area contributed by atoms with Crippen molar-refractivity contribution in [3.8, 4) is 11.1 Å². The summed E-state index contributed by atoms with van der Waals surface area (Å²) in [4.78, 5) is 22.8. The quantitative estimate of drug-likeness (QED) is 0.546. The van der Waals surface area contributed by atoms with Crippen molar-refractivity contribution < 1.29 is 19.4 Å². The standard InChI is InChI=1S/C19H20N2O4/c20-19(21,10-9-17(22)23)18(24)25-11-16-14-7-3-1-5-12(14)13-6-2-4-8-15(13)16/h1-8,16H,9-11,20-21H2,(H,22,23). The molecular weight excluding hydrogens is 320 g/mol. The molecule has 1 aliphatic carbocycles. The van der Waals surface area contributed by atoms with Gasteiger partial charge in [0.25, 0.3) is 0 Å². The molecule has 0 fully saturated rings. The van der Waals surface area contributed by atoms with Gasteiger partial charge in [-0.15, -0.1) is 0 Å². The summed E-state index contributed by atoms with van der Waals surface area (Å²) in [5, 5.41) is 8.72. The van der Waals surface area contributed by atoms with E-state index in [1.165, 1.54) is 0 Å². The molecule has 0 saturated heterocycles. The molecule has 25 heavy (non-hydrogen) atoms. The number of hydrogen-bond donors (Lipinski definition) is 3. The van der Waals surface area contributed by atoms with Gasteiger partial charge >= 0.3 is 11.9 Å². The number of carbonyl (C=O) groups excluding carboxylic acids is 1. The average Bonchev–Trinajstić information content (AvgIpc) is 2.92. The van der Waals surface area contributed by atoms with E-state index in [-0.39, 0.29) is 25.4 Å². The van der Waals surface area contributed by atoms with Crippen molar-refractivity contribution in [1.29, 1.82) is 0 Å². The average molecular weight is 340 g/mol. The third-order valence-electron chi connectivity index (χ3n) is 4.48. The maximum Gasteiger partial charge on any atom is 0.340 e. The van der Waals surface area contributed by atoms with Crippen molar-refractivity contribution >= 4 is 11.9 Å². The van der Waals surface area contributed by atoms with Gasteiger partial charge in [-0.2, -0.15) is 0 Å². The number of rotatable bonds is 6. The largest absolute Gasteiger partial charge is 0.481 e. The number of benzene rings is 2. The molecule has 0 radical (unpaired) electrons. The molecule has 5 N–H and O–H groups in total. The molecule has 1 aliphatic rings. The van der Waals surface area contributed by atoms with Gasteiger partial charge in [0.05, 0.1) is 0 Å². The molecule has 3 rings (SSSR count). The van der Waals surface area contributed by atoms with E-state index < -0.39 is 17.6 Å². The molecule has 6 heteroatoms. The minimum absolute atomic E-state index is 0.0911. The highest BCUT2D eigenvalue weighted by atomic mass is 16.5. The zero-order valence-corrected chi connectivity index (χ0v) is 13.6.